The maximum absolute atomic E-state index is 12.9. The Morgan fingerprint density at radius 1 is 0.694 bits per heavy atom. The topological polar surface area (TPSA) is 88.1 Å². The molecule has 1 fully saturated rings. The lowest BCUT2D eigenvalue weighted by molar-refractivity contribution is -0.0435. The first kappa shape index (κ1) is 25.5. The van der Waals surface area contributed by atoms with E-state index in [1.54, 1.807) is 91.0 Å². The van der Waals surface area contributed by atoms with Crippen LogP contribution in [0.15, 0.2) is 91.0 Å². The maximum Gasteiger partial charge on any atom is 0.338 e. The minimum atomic E-state index is -0.988. The van der Waals surface area contributed by atoms with Crippen molar-refractivity contribution in [2.75, 3.05) is 12.4 Å². The van der Waals surface area contributed by atoms with Crippen molar-refractivity contribution in [3.8, 4) is 0 Å². The number of rotatable bonds is 9. The van der Waals surface area contributed by atoms with Crippen LogP contribution in [-0.2, 0) is 18.9 Å². The minimum absolute atomic E-state index is 0.180. The molecule has 1 aliphatic heterocycles. The lowest BCUT2D eigenvalue weighted by Gasteiger charge is -2.24. The normalized spacial score (nSPS) is 20.9. The molecule has 0 saturated carbocycles. The van der Waals surface area contributed by atoms with E-state index in [-0.39, 0.29) is 6.61 Å². The average Bonchev–Trinajstić information content (AvgIpc) is 3.24. The molecule has 0 aliphatic carbocycles. The Hall–Kier alpha value is -3.62. The first-order chi connectivity index (χ1) is 17.6. The SMILES string of the molecule is CCS[C@@H]1O[C@@H](COC(=O)c2ccccc2)[C@H](OC(=O)c2ccccc2)[C@H]1OC(=O)c1ccccc1. The van der Waals surface area contributed by atoms with Crippen molar-refractivity contribution in [1.82, 2.24) is 0 Å². The predicted molar refractivity (Wildman–Crippen MR) is 135 cm³/mol. The summed E-state index contributed by atoms with van der Waals surface area (Å²) in [5.74, 6) is -1.02. The Balaban J connectivity index is 1.56. The van der Waals surface area contributed by atoms with E-state index >= 15 is 0 Å². The first-order valence-corrected chi connectivity index (χ1v) is 12.6. The van der Waals surface area contributed by atoms with Crippen LogP contribution in [-0.4, -0.2) is 54.0 Å². The van der Waals surface area contributed by atoms with Gasteiger partial charge < -0.3 is 18.9 Å². The fourth-order valence-electron chi connectivity index (χ4n) is 3.74. The van der Waals surface area contributed by atoms with Gasteiger partial charge in [-0.2, -0.15) is 0 Å². The van der Waals surface area contributed by atoms with Gasteiger partial charge >= 0.3 is 17.9 Å². The summed E-state index contributed by atoms with van der Waals surface area (Å²) in [4.78, 5) is 38.4. The molecule has 4 atom stereocenters. The number of esters is 3. The Bertz CT molecular complexity index is 1150. The molecule has 7 nitrogen and oxygen atoms in total. The molecule has 0 aromatic heterocycles. The molecule has 3 aromatic rings. The van der Waals surface area contributed by atoms with E-state index in [4.69, 9.17) is 18.9 Å². The molecule has 1 aliphatic rings. The molecular weight excluding hydrogens is 480 g/mol. The largest absolute Gasteiger partial charge is 0.459 e. The molecule has 1 saturated heterocycles. The zero-order valence-electron chi connectivity index (χ0n) is 19.6. The second kappa shape index (κ2) is 12.4. The number of carbonyl (C=O) groups is 3. The van der Waals surface area contributed by atoms with Gasteiger partial charge in [-0.05, 0) is 42.2 Å². The third-order valence-corrected chi connectivity index (χ3v) is 6.53. The third-order valence-electron chi connectivity index (χ3n) is 5.49. The Morgan fingerprint density at radius 3 is 1.61 bits per heavy atom. The highest BCUT2D eigenvalue weighted by atomic mass is 32.2. The van der Waals surface area contributed by atoms with Crippen molar-refractivity contribution in [2.24, 2.45) is 0 Å². The van der Waals surface area contributed by atoms with E-state index in [9.17, 15) is 14.4 Å². The number of ether oxygens (including phenoxy) is 4. The van der Waals surface area contributed by atoms with Gasteiger partial charge in [0.2, 0.25) is 0 Å². The van der Waals surface area contributed by atoms with E-state index in [1.165, 1.54) is 11.8 Å². The van der Waals surface area contributed by atoms with Crippen molar-refractivity contribution in [1.29, 1.82) is 0 Å². The Kier molecular flexibility index (Phi) is 8.76. The summed E-state index contributed by atoms with van der Waals surface area (Å²) in [6, 6.07) is 25.6. The molecule has 36 heavy (non-hydrogen) atoms. The fourth-order valence-corrected chi connectivity index (χ4v) is 4.69. The molecule has 0 radical (unpaired) electrons. The molecule has 0 spiro atoms. The van der Waals surface area contributed by atoms with E-state index in [2.05, 4.69) is 0 Å². The van der Waals surface area contributed by atoms with Crippen molar-refractivity contribution < 1.29 is 33.3 Å². The van der Waals surface area contributed by atoms with Gasteiger partial charge in [-0.3, -0.25) is 0 Å². The van der Waals surface area contributed by atoms with E-state index in [0.29, 0.717) is 22.4 Å². The molecular formula is C28H26O7S. The van der Waals surface area contributed by atoms with Gasteiger partial charge in [-0.1, -0.05) is 61.5 Å². The second-order valence-corrected chi connectivity index (χ2v) is 9.31. The predicted octanol–water partition coefficient (Wildman–Crippen LogP) is 4.77. The van der Waals surface area contributed by atoms with Crippen LogP contribution in [0.5, 0.6) is 0 Å². The van der Waals surface area contributed by atoms with Gasteiger partial charge in [-0.25, -0.2) is 14.4 Å². The molecule has 0 N–H and O–H groups in total. The standard InChI is InChI=1S/C28H26O7S/c1-2-36-28-24(35-27(31)21-16-10-5-11-17-21)23(34-26(30)20-14-8-4-9-15-20)22(33-28)18-32-25(29)19-12-6-3-7-13-19/h3-17,22-24,28H,2,18H2,1H3/t22-,23-,24+,28-/m0/s1. The number of benzene rings is 3. The van der Waals surface area contributed by atoms with Crippen LogP contribution >= 0.6 is 11.8 Å². The zero-order chi connectivity index (χ0) is 25.3. The van der Waals surface area contributed by atoms with Gasteiger partial charge in [0.25, 0.3) is 0 Å². The monoisotopic (exact) mass is 506 g/mol. The Labute approximate surface area is 213 Å². The number of hydrogen-bond donors (Lipinski definition) is 0. The van der Waals surface area contributed by atoms with Crippen molar-refractivity contribution in [2.45, 2.75) is 30.7 Å². The average molecular weight is 507 g/mol. The summed E-state index contributed by atoms with van der Waals surface area (Å²) >= 11 is 1.41. The van der Waals surface area contributed by atoms with E-state index in [1.807, 2.05) is 6.92 Å². The summed E-state index contributed by atoms with van der Waals surface area (Å²) < 4.78 is 23.3. The molecule has 3 aromatic carbocycles. The van der Waals surface area contributed by atoms with Gasteiger partial charge in [0.05, 0.1) is 16.7 Å². The van der Waals surface area contributed by atoms with E-state index < -0.39 is 41.7 Å². The van der Waals surface area contributed by atoms with Gasteiger partial charge in [-0.15, -0.1) is 11.8 Å². The second-order valence-electron chi connectivity index (χ2n) is 7.93. The van der Waals surface area contributed by atoms with Crippen LogP contribution in [0.25, 0.3) is 0 Å². The van der Waals surface area contributed by atoms with E-state index in [0.717, 1.165) is 0 Å². The van der Waals surface area contributed by atoms with Crippen LogP contribution in [0.3, 0.4) is 0 Å². The Morgan fingerprint density at radius 2 is 1.14 bits per heavy atom. The smallest absolute Gasteiger partial charge is 0.338 e. The molecule has 0 amide bonds. The van der Waals surface area contributed by atoms with Gasteiger partial charge in [0.15, 0.2) is 12.2 Å². The quantitative estimate of drug-likeness (QED) is 0.303. The molecule has 1 heterocycles. The summed E-state index contributed by atoms with van der Waals surface area (Å²) in [7, 11) is 0. The van der Waals surface area contributed by atoms with Gasteiger partial charge in [0, 0.05) is 0 Å². The summed E-state index contributed by atoms with van der Waals surface area (Å²) in [5, 5.41) is 0. The summed E-state index contributed by atoms with van der Waals surface area (Å²) in [5.41, 5.74) is 0.485. The number of hydrogen-bond acceptors (Lipinski definition) is 8. The molecule has 186 valence electrons. The van der Waals surface area contributed by atoms with Gasteiger partial charge in [0.1, 0.15) is 18.1 Å². The minimum Gasteiger partial charge on any atom is -0.459 e. The maximum atomic E-state index is 12.9. The molecule has 8 heteroatoms. The van der Waals surface area contributed by atoms with Crippen LogP contribution in [0.1, 0.15) is 38.0 Å². The highest BCUT2D eigenvalue weighted by Crippen LogP contribution is 2.34. The molecule has 0 unspecified atom stereocenters. The first-order valence-electron chi connectivity index (χ1n) is 11.6. The lowest BCUT2D eigenvalue weighted by Crippen LogP contribution is -2.41. The van der Waals surface area contributed by atoms with Crippen LogP contribution in [0.2, 0.25) is 0 Å². The zero-order valence-corrected chi connectivity index (χ0v) is 20.5. The van der Waals surface area contributed by atoms with Crippen molar-refractivity contribution >= 4 is 29.7 Å². The highest BCUT2D eigenvalue weighted by molar-refractivity contribution is 7.99. The van der Waals surface area contributed by atoms with Crippen molar-refractivity contribution in [3.05, 3.63) is 108 Å². The van der Waals surface area contributed by atoms with Crippen LogP contribution in [0.4, 0.5) is 0 Å². The molecule has 4 rings (SSSR count). The van der Waals surface area contributed by atoms with Crippen LogP contribution in [0, 0.1) is 0 Å². The lowest BCUT2D eigenvalue weighted by atomic mass is 10.1. The third kappa shape index (κ3) is 6.33. The number of thioether (sulfide) groups is 1. The number of carbonyl (C=O) groups excluding carboxylic acids is 3. The fraction of sp³-hybridized carbons (Fsp3) is 0.250. The highest BCUT2D eigenvalue weighted by Gasteiger charge is 2.50. The summed E-state index contributed by atoms with van der Waals surface area (Å²) in [6.07, 6.45) is -2.73. The van der Waals surface area contributed by atoms with Crippen molar-refractivity contribution in [3.63, 3.8) is 0 Å². The summed E-state index contributed by atoms with van der Waals surface area (Å²) in [6.45, 7) is 1.76. The molecule has 0 bridgehead atoms. The van der Waals surface area contributed by atoms with Crippen LogP contribution < -0.4 is 0 Å².